The molecule has 2 fully saturated rings. The molecule has 0 radical (unpaired) electrons. The van der Waals surface area contributed by atoms with Gasteiger partial charge in [0.2, 0.25) is 5.91 Å². The highest BCUT2D eigenvalue weighted by Crippen LogP contribution is 2.46. The Bertz CT molecular complexity index is 251. The van der Waals surface area contributed by atoms with Crippen molar-refractivity contribution in [2.24, 2.45) is 5.41 Å². The molecule has 0 bridgehead atoms. The zero-order valence-electron chi connectivity index (χ0n) is 7.44. The largest absolute Gasteiger partial charge is 0.336 e. The highest BCUT2D eigenvalue weighted by atomic mass is 19.3. The molecule has 2 aliphatic rings. The van der Waals surface area contributed by atoms with Gasteiger partial charge in [0, 0.05) is 26.6 Å². The first kappa shape index (κ1) is 8.87. The smallest absolute Gasteiger partial charge is 0.274 e. The molecule has 0 aromatic carbocycles. The zero-order valence-corrected chi connectivity index (χ0v) is 7.44. The van der Waals surface area contributed by atoms with E-state index in [0.717, 1.165) is 0 Å². The Labute approximate surface area is 75.1 Å². The number of hydrogen-bond acceptors (Lipinski definition) is 2. The van der Waals surface area contributed by atoms with Crippen molar-refractivity contribution in [1.29, 1.82) is 0 Å². The molecule has 2 aliphatic heterocycles. The molecule has 0 aromatic rings. The van der Waals surface area contributed by atoms with Crippen LogP contribution < -0.4 is 5.32 Å². The van der Waals surface area contributed by atoms with E-state index < -0.39 is 17.9 Å². The van der Waals surface area contributed by atoms with Crippen LogP contribution >= 0.6 is 0 Å². The number of halogens is 2. The predicted octanol–water partition coefficient (Wildman–Crippen LogP) is 0.0734. The molecule has 1 N–H and O–H groups in total. The summed E-state index contributed by atoms with van der Waals surface area (Å²) in [5, 5.41) is 2.84. The van der Waals surface area contributed by atoms with Crippen LogP contribution in [-0.4, -0.2) is 42.9 Å². The maximum atomic E-state index is 13.4. The van der Waals surface area contributed by atoms with E-state index in [1.54, 1.807) is 0 Å². The number of carbonyl (C=O) groups excluding carboxylic acids is 1. The molecule has 0 aromatic heterocycles. The molecule has 5 heteroatoms. The molecule has 3 nitrogen and oxygen atoms in total. The normalized spacial score (nSPS) is 29.0. The summed E-state index contributed by atoms with van der Waals surface area (Å²) in [6.07, 6.45) is 0. The second-order valence-electron chi connectivity index (χ2n) is 3.96. The Hall–Kier alpha value is -0.710. The number of hydrogen-bond donors (Lipinski definition) is 1. The molecule has 74 valence electrons. The van der Waals surface area contributed by atoms with E-state index in [0.29, 0.717) is 13.1 Å². The van der Waals surface area contributed by atoms with Crippen molar-refractivity contribution >= 4 is 5.91 Å². The van der Waals surface area contributed by atoms with Gasteiger partial charge in [-0.1, -0.05) is 0 Å². The minimum absolute atomic E-state index is 0.197. The van der Waals surface area contributed by atoms with Crippen LogP contribution in [0.5, 0.6) is 0 Å². The molecular weight excluding hydrogens is 178 g/mol. The number of amides is 1. The fourth-order valence-electron chi connectivity index (χ4n) is 1.96. The maximum Gasteiger partial charge on any atom is 0.274 e. The minimum atomic E-state index is -2.72. The van der Waals surface area contributed by atoms with Crippen LogP contribution in [0.3, 0.4) is 0 Å². The van der Waals surface area contributed by atoms with Gasteiger partial charge in [0.25, 0.3) is 5.92 Å². The van der Waals surface area contributed by atoms with Crippen LogP contribution in [0.15, 0.2) is 0 Å². The number of likely N-dealkylation sites (tertiary alicyclic amines) is 1. The summed E-state index contributed by atoms with van der Waals surface area (Å²) in [5.74, 6) is -2.98. The van der Waals surface area contributed by atoms with Crippen LogP contribution in [0.4, 0.5) is 8.78 Å². The maximum absolute atomic E-state index is 13.4. The fourth-order valence-corrected chi connectivity index (χ4v) is 1.96. The molecule has 2 saturated heterocycles. The lowest BCUT2D eigenvalue weighted by Gasteiger charge is -2.42. The third-order valence-electron chi connectivity index (χ3n) is 3.03. The first-order valence-corrected chi connectivity index (χ1v) is 4.31. The minimum Gasteiger partial charge on any atom is -0.336 e. The second-order valence-corrected chi connectivity index (χ2v) is 3.96. The molecule has 1 spiro atoms. The summed E-state index contributed by atoms with van der Waals surface area (Å²) in [4.78, 5) is 12.2. The van der Waals surface area contributed by atoms with E-state index in [1.165, 1.54) is 11.8 Å². The monoisotopic (exact) mass is 190 g/mol. The summed E-state index contributed by atoms with van der Waals surface area (Å²) in [7, 11) is 0. The summed E-state index contributed by atoms with van der Waals surface area (Å²) in [6.45, 7) is 1.76. The van der Waals surface area contributed by atoms with Crippen LogP contribution in [-0.2, 0) is 4.79 Å². The Kier molecular flexibility index (Phi) is 1.64. The molecule has 1 amide bonds. The van der Waals surface area contributed by atoms with Crippen LogP contribution in [0, 0.1) is 5.41 Å². The fraction of sp³-hybridized carbons (Fsp3) is 0.875. The van der Waals surface area contributed by atoms with Crippen molar-refractivity contribution in [3.63, 3.8) is 0 Å². The molecule has 0 unspecified atom stereocenters. The molecule has 0 atom stereocenters. The molecular formula is C8H12F2N2O. The lowest BCUT2D eigenvalue weighted by atomic mass is 9.78. The molecule has 2 rings (SSSR count). The van der Waals surface area contributed by atoms with Gasteiger partial charge >= 0.3 is 0 Å². The first-order valence-electron chi connectivity index (χ1n) is 4.31. The number of nitrogens with one attached hydrogen (secondary N) is 1. The number of alkyl halides is 2. The van der Waals surface area contributed by atoms with Gasteiger partial charge in [0.05, 0.1) is 12.0 Å². The van der Waals surface area contributed by atoms with Crippen LogP contribution in [0.25, 0.3) is 0 Å². The SMILES string of the molecule is CC(=O)N1CC(F)(F)C2(CNC2)C1. The Balaban J connectivity index is 2.18. The van der Waals surface area contributed by atoms with Gasteiger partial charge in [0.1, 0.15) is 0 Å². The molecule has 0 aliphatic carbocycles. The van der Waals surface area contributed by atoms with E-state index in [1.807, 2.05) is 0 Å². The van der Waals surface area contributed by atoms with Gasteiger partial charge in [-0.05, 0) is 0 Å². The van der Waals surface area contributed by atoms with Crippen LogP contribution in [0.2, 0.25) is 0 Å². The zero-order chi connectivity index (χ0) is 9.69. The Morgan fingerprint density at radius 2 is 2.00 bits per heavy atom. The van der Waals surface area contributed by atoms with Crippen LogP contribution in [0.1, 0.15) is 6.92 Å². The average molecular weight is 190 g/mol. The Morgan fingerprint density at radius 3 is 2.23 bits per heavy atom. The van der Waals surface area contributed by atoms with Gasteiger partial charge in [-0.25, -0.2) is 8.78 Å². The third-order valence-corrected chi connectivity index (χ3v) is 3.03. The van der Waals surface area contributed by atoms with Gasteiger partial charge in [-0.15, -0.1) is 0 Å². The lowest BCUT2D eigenvalue weighted by Crippen LogP contribution is -2.62. The van der Waals surface area contributed by atoms with Crippen molar-refractivity contribution in [1.82, 2.24) is 10.2 Å². The van der Waals surface area contributed by atoms with E-state index >= 15 is 0 Å². The van der Waals surface area contributed by atoms with E-state index in [2.05, 4.69) is 5.32 Å². The van der Waals surface area contributed by atoms with Crippen molar-refractivity contribution in [3.8, 4) is 0 Å². The highest BCUT2D eigenvalue weighted by Gasteiger charge is 2.63. The van der Waals surface area contributed by atoms with E-state index in [-0.39, 0.29) is 12.5 Å². The summed E-state index contributed by atoms with van der Waals surface area (Å²) >= 11 is 0. The van der Waals surface area contributed by atoms with Gasteiger partial charge in [-0.2, -0.15) is 0 Å². The van der Waals surface area contributed by atoms with Crippen molar-refractivity contribution in [2.45, 2.75) is 12.8 Å². The average Bonchev–Trinajstić information content (AvgIpc) is 2.19. The van der Waals surface area contributed by atoms with Crippen molar-refractivity contribution < 1.29 is 13.6 Å². The second kappa shape index (κ2) is 2.41. The van der Waals surface area contributed by atoms with Crippen molar-refractivity contribution in [2.75, 3.05) is 26.2 Å². The number of carbonyl (C=O) groups is 1. The first-order chi connectivity index (χ1) is 5.97. The molecule has 0 saturated carbocycles. The third kappa shape index (κ3) is 1.06. The summed E-state index contributed by atoms with van der Waals surface area (Å²) < 4.78 is 26.8. The standard InChI is InChI=1S/C8H12F2N2O/c1-6(13)12-4-7(2-11-3-7)8(9,10)5-12/h11H,2-5H2,1H3. The van der Waals surface area contributed by atoms with Gasteiger partial charge in [-0.3, -0.25) is 4.79 Å². The topological polar surface area (TPSA) is 32.3 Å². The van der Waals surface area contributed by atoms with E-state index in [9.17, 15) is 13.6 Å². The highest BCUT2D eigenvalue weighted by molar-refractivity contribution is 5.74. The molecule has 2 heterocycles. The number of rotatable bonds is 0. The van der Waals surface area contributed by atoms with Gasteiger partial charge < -0.3 is 10.2 Å². The quantitative estimate of drug-likeness (QED) is 0.586. The van der Waals surface area contributed by atoms with Crippen molar-refractivity contribution in [3.05, 3.63) is 0 Å². The predicted molar refractivity (Wildman–Crippen MR) is 42.5 cm³/mol. The number of nitrogens with zero attached hydrogens (tertiary/aromatic N) is 1. The van der Waals surface area contributed by atoms with E-state index in [4.69, 9.17) is 0 Å². The Morgan fingerprint density at radius 1 is 1.38 bits per heavy atom. The lowest BCUT2D eigenvalue weighted by molar-refractivity contribution is -0.129. The molecule has 13 heavy (non-hydrogen) atoms. The summed E-state index contributed by atoms with van der Waals surface area (Å²) in [6, 6.07) is 0. The summed E-state index contributed by atoms with van der Waals surface area (Å²) in [5.41, 5.74) is -0.974. The van der Waals surface area contributed by atoms with Gasteiger partial charge in [0.15, 0.2) is 0 Å².